The fourth-order valence-electron chi connectivity index (χ4n) is 4.01. The van der Waals surface area contributed by atoms with Crippen LogP contribution in [0.25, 0.3) is 0 Å². The van der Waals surface area contributed by atoms with Crippen LogP contribution in [0.4, 0.5) is 4.79 Å². The quantitative estimate of drug-likeness (QED) is 0.803. The summed E-state index contributed by atoms with van der Waals surface area (Å²) in [6, 6.07) is 8.40. The molecule has 2 aliphatic rings. The Morgan fingerprint density at radius 1 is 1.12 bits per heavy atom. The molecule has 2 fully saturated rings. The molecule has 1 saturated carbocycles. The van der Waals surface area contributed by atoms with Crippen LogP contribution in [0.5, 0.6) is 0 Å². The molecular formula is C20H30N3O2+. The second kappa shape index (κ2) is 7.16. The molecular weight excluding hydrogens is 314 g/mol. The maximum Gasteiger partial charge on any atom is 0.329 e. The molecule has 1 unspecified atom stereocenters. The lowest BCUT2D eigenvalue weighted by Crippen LogP contribution is -3.09. The van der Waals surface area contributed by atoms with E-state index in [9.17, 15) is 9.59 Å². The van der Waals surface area contributed by atoms with E-state index in [0.717, 1.165) is 43.5 Å². The molecule has 0 bridgehead atoms. The SMILES string of the molecule is CC(C)c1ccc(C[NH+](C)CN2C(=O)NC3(CCCCC3)C2=O)cc1. The first kappa shape index (κ1) is 17.9. The highest BCUT2D eigenvalue weighted by molar-refractivity contribution is 6.06. The summed E-state index contributed by atoms with van der Waals surface area (Å²) in [6.45, 7) is 5.58. The highest BCUT2D eigenvalue weighted by Crippen LogP contribution is 2.33. The van der Waals surface area contributed by atoms with Crippen molar-refractivity contribution in [3.63, 3.8) is 0 Å². The number of carbonyl (C=O) groups is 2. The number of amides is 3. The number of hydrogen-bond donors (Lipinski definition) is 2. The predicted molar refractivity (Wildman–Crippen MR) is 97.2 cm³/mol. The first-order chi connectivity index (χ1) is 11.9. The van der Waals surface area contributed by atoms with Crippen LogP contribution in [0.1, 0.15) is 63.0 Å². The summed E-state index contributed by atoms with van der Waals surface area (Å²) in [5.41, 5.74) is 1.94. The van der Waals surface area contributed by atoms with E-state index in [2.05, 4.69) is 43.4 Å². The van der Waals surface area contributed by atoms with E-state index in [1.165, 1.54) is 16.0 Å². The second-order valence-corrected chi connectivity index (χ2v) is 7.99. The standard InChI is InChI=1S/C20H29N3O2/c1-15(2)17-9-7-16(8-10-17)13-22(3)14-23-18(24)20(21-19(23)25)11-5-4-6-12-20/h7-10,15H,4-6,11-14H2,1-3H3,(H,21,25)/p+1. The fourth-order valence-corrected chi connectivity index (χ4v) is 4.01. The third-order valence-electron chi connectivity index (χ3n) is 5.53. The minimum atomic E-state index is -0.617. The number of nitrogens with one attached hydrogen (secondary N) is 2. The smallest absolute Gasteiger partial charge is 0.323 e. The van der Waals surface area contributed by atoms with Gasteiger partial charge in [0.15, 0.2) is 6.67 Å². The zero-order valence-electron chi connectivity index (χ0n) is 15.6. The third kappa shape index (κ3) is 3.71. The maximum absolute atomic E-state index is 12.8. The van der Waals surface area contributed by atoms with Crippen LogP contribution in [-0.4, -0.2) is 36.1 Å². The molecule has 1 aromatic rings. The normalized spacial score (nSPS) is 21.0. The molecule has 0 radical (unpaired) electrons. The summed E-state index contributed by atoms with van der Waals surface area (Å²) in [4.78, 5) is 27.7. The van der Waals surface area contributed by atoms with Crippen LogP contribution < -0.4 is 10.2 Å². The molecule has 5 heteroatoms. The third-order valence-corrected chi connectivity index (χ3v) is 5.53. The summed E-state index contributed by atoms with van der Waals surface area (Å²) >= 11 is 0. The van der Waals surface area contributed by atoms with Gasteiger partial charge in [-0.15, -0.1) is 0 Å². The lowest BCUT2D eigenvalue weighted by Gasteiger charge is -2.30. The topological polar surface area (TPSA) is 53.9 Å². The number of urea groups is 1. The Balaban J connectivity index is 1.61. The Hall–Kier alpha value is -1.88. The van der Waals surface area contributed by atoms with Gasteiger partial charge in [0.1, 0.15) is 12.1 Å². The van der Waals surface area contributed by atoms with Gasteiger partial charge in [-0.3, -0.25) is 4.79 Å². The number of benzene rings is 1. The van der Waals surface area contributed by atoms with E-state index in [-0.39, 0.29) is 11.9 Å². The van der Waals surface area contributed by atoms with Gasteiger partial charge < -0.3 is 10.2 Å². The van der Waals surface area contributed by atoms with Crippen molar-refractivity contribution in [2.75, 3.05) is 13.7 Å². The van der Waals surface area contributed by atoms with Crippen molar-refractivity contribution in [2.45, 2.75) is 64.0 Å². The number of rotatable bonds is 5. The minimum absolute atomic E-state index is 0.0216. The number of nitrogens with zero attached hydrogens (tertiary/aromatic N) is 1. The van der Waals surface area contributed by atoms with E-state index in [1.807, 2.05) is 7.05 Å². The number of imide groups is 1. The van der Waals surface area contributed by atoms with Gasteiger partial charge in [-0.1, -0.05) is 57.4 Å². The van der Waals surface area contributed by atoms with Crippen LogP contribution in [0.15, 0.2) is 24.3 Å². The Labute approximate surface area is 150 Å². The molecule has 0 aromatic heterocycles. The minimum Gasteiger partial charge on any atom is -0.323 e. The van der Waals surface area contributed by atoms with Gasteiger partial charge in [0.25, 0.3) is 5.91 Å². The van der Waals surface area contributed by atoms with Crippen LogP contribution in [0.3, 0.4) is 0 Å². The summed E-state index contributed by atoms with van der Waals surface area (Å²) in [6.07, 6.45) is 4.76. The van der Waals surface area contributed by atoms with E-state index < -0.39 is 5.54 Å². The molecule has 136 valence electrons. The number of quaternary nitrogens is 1. The van der Waals surface area contributed by atoms with E-state index >= 15 is 0 Å². The molecule has 3 rings (SSSR count). The van der Waals surface area contributed by atoms with Gasteiger partial charge in [-0.2, -0.15) is 0 Å². The molecule has 1 aromatic carbocycles. The molecule has 1 aliphatic carbocycles. The molecule has 3 amide bonds. The maximum atomic E-state index is 12.8. The Morgan fingerprint density at radius 3 is 2.36 bits per heavy atom. The Morgan fingerprint density at radius 2 is 1.76 bits per heavy atom. The van der Waals surface area contributed by atoms with Crippen molar-refractivity contribution < 1.29 is 14.5 Å². The molecule has 2 N–H and O–H groups in total. The van der Waals surface area contributed by atoms with Gasteiger partial charge in [0.2, 0.25) is 0 Å². The molecule has 5 nitrogen and oxygen atoms in total. The molecule has 1 atom stereocenters. The summed E-state index contributed by atoms with van der Waals surface area (Å²) in [5, 5.41) is 2.98. The van der Waals surface area contributed by atoms with Crippen molar-refractivity contribution >= 4 is 11.9 Å². The van der Waals surface area contributed by atoms with E-state index in [1.54, 1.807) is 0 Å². The highest BCUT2D eigenvalue weighted by Gasteiger charge is 2.52. The highest BCUT2D eigenvalue weighted by atomic mass is 16.2. The Bertz CT molecular complexity index is 633. The van der Waals surface area contributed by atoms with E-state index in [0.29, 0.717) is 12.6 Å². The first-order valence-corrected chi connectivity index (χ1v) is 9.45. The van der Waals surface area contributed by atoms with Crippen LogP contribution in [-0.2, 0) is 11.3 Å². The molecule has 1 spiro atoms. The molecule has 25 heavy (non-hydrogen) atoms. The van der Waals surface area contributed by atoms with Crippen molar-refractivity contribution in [3.05, 3.63) is 35.4 Å². The molecule has 1 heterocycles. The van der Waals surface area contributed by atoms with E-state index in [4.69, 9.17) is 0 Å². The number of carbonyl (C=O) groups excluding carboxylic acids is 2. The summed E-state index contributed by atoms with van der Waals surface area (Å²) < 4.78 is 0. The predicted octanol–water partition coefficient (Wildman–Crippen LogP) is 2.04. The molecule has 1 aliphatic heterocycles. The second-order valence-electron chi connectivity index (χ2n) is 7.99. The monoisotopic (exact) mass is 344 g/mol. The fraction of sp³-hybridized carbons (Fsp3) is 0.600. The zero-order chi connectivity index (χ0) is 18.0. The Kier molecular flexibility index (Phi) is 5.13. The van der Waals surface area contributed by atoms with Crippen molar-refractivity contribution in [2.24, 2.45) is 0 Å². The average Bonchev–Trinajstić information content (AvgIpc) is 2.80. The van der Waals surface area contributed by atoms with Crippen LogP contribution in [0, 0.1) is 0 Å². The zero-order valence-corrected chi connectivity index (χ0v) is 15.6. The van der Waals surface area contributed by atoms with Gasteiger partial charge in [-0.05, 0) is 24.3 Å². The van der Waals surface area contributed by atoms with Gasteiger partial charge in [0.05, 0.1) is 7.05 Å². The van der Waals surface area contributed by atoms with Crippen LogP contribution >= 0.6 is 0 Å². The summed E-state index contributed by atoms with van der Waals surface area (Å²) in [5.74, 6) is 0.503. The lowest BCUT2D eigenvalue weighted by atomic mass is 9.82. The number of hydrogen-bond acceptors (Lipinski definition) is 2. The van der Waals surface area contributed by atoms with Crippen molar-refractivity contribution in [3.8, 4) is 0 Å². The largest absolute Gasteiger partial charge is 0.329 e. The first-order valence-electron chi connectivity index (χ1n) is 9.45. The van der Waals surface area contributed by atoms with Crippen LogP contribution in [0.2, 0.25) is 0 Å². The average molecular weight is 344 g/mol. The van der Waals surface area contributed by atoms with Crippen molar-refractivity contribution in [1.82, 2.24) is 10.2 Å². The van der Waals surface area contributed by atoms with Gasteiger partial charge in [0, 0.05) is 5.56 Å². The van der Waals surface area contributed by atoms with Crippen molar-refractivity contribution in [1.29, 1.82) is 0 Å². The lowest BCUT2D eigenvalue weighted by molar-refractivity contribution is -0.901. The van der Waals surface area contributed by atoms with Gasteiger partial charge in [-0.25, -0.2) is 9.69 Å². The molecule has 1 saturated heterocycles. The van der Waals surface area contributed by atoms with Gasteiger partial charge >= 0.3 is 6.03 Å². The summed E-state index contributed by atoms with van der Waals surface area (Å²) in [7, 11) is 2.03.